The lowest BCUT2D eigenvalue weighted by atomic mass is 9.98. The van der Waals surface area contributed by atoms with Gasteiger partial charge in [-0.2, -0.15) is 0 Å². The molecular formula is C26H38O3. The highest BCUT2D eigenvalue weighted by atomic mass is 16.3. The number of allylic oxidation sites excluding steroid dienone is 8. The zero-order valence-corrected chi connectivity index (χ0v) is 19.0. The van der Waals surface area contributed by atoms with Crippen molar-refractivity contribution in [3.63, 3.8) is 0 Å². The number of rotatable bonds is 10. The standard InChI is InChI=1S/C26H38O3/c1-18(2)9-7-11-20(5)13-15-22-24(27)17-25(28)23(26(22)29)16-14-21(6)12-8-10-19(3)4/h9-10,13-14,17,27-29H,7-8,11-12,15-16H2,1-6H3. The van der Waals surface area contributed by atoms with E-state index >= 15 is 0 Å². The van der Waals surface area contributed by atoms with Crippen molar-refractivity contribution in [2.45, 2.75) is 80.1 Å². The molecule has 3 nitrogen and oxygen atoms in total. The van der Waals surface area contributed by atoms with E-state index in [1.807, 2.05) is 12.2 Å². The monoisotopic (exact) mass is 398 g/mol. The molecule has 1 rings (SSSR count). The van der Waals surface area contributed by atoms with Gasteiger partial charge in [-0.1, -0.05) is 46.6 Å². The van der Waals surface area contributed by atoms with Gasteiger partial charge in [-0.05, 0) is 80.1 Å². The SMILES string of the molecule is CC(C)=CCCC(C)=CCc1c(O)cc(O)c(CC=C(C)CCC=C(C)C)c1O. The predicted octanol–water partition coefficient (Wildman–Crippen LogP) is 7.27. The Kier molecular flexibility index (Phi) is 10.4. The van der Waals surface area contributed by atoms with E-state index in [1.54, 1.807) is 0 Å². The van der Waals surface area contributed by atoms with Crippen LogP contribution in [0.5, 0.6) is 17.2 Å². The number of benzene rings is 1. The summed E-state index contributed by atoms with van der Waals surface area (Å²) < 4.78 is 0. The maximum Gasteiger partial charge on any atom is 0.129 e. The summed E-state index contributed by atoms with van der Waals surface area (Å²) in [5.74, 6) is -0.146. The molecule has 160 valence electrons. The second-order valence-electron chi connectivity index (χ2n) is 8.37. The van der Waals surface area contributed by atoms with Gasteiger partial charge in [0.15, 0.2) is 0 Å². The van der Waals surface area contributed by atoms with Crippen LogP contribution >= 0.6 is 0 Å². The van der Waals surface area contributed by atoms with Crippen molar-refractivity contribution in [1.29, 1.82) is 0 Å². The van der Waals surface area contributed by atoms with Crippen molar-refractivity contribution in [2.24, 2.45) is 0 Å². The van der Waals surface area contributed by atoms with Gasteiger partial charge in [-0.25, -0.2) is 0 Å². The van der Waals surface area contributed by atoms with Gasteiger partial charge in [-0.3, -0.25) is 0 Å². The fraction of sp³-hybridized carbons (Fsp3) is 0.462. The van der Waals surface area contributed by atoms with E-state index < -0.39 is 0 Å². The van der Waals surface area contributed by atoms with Gasteiger partial charge in [0, 0.05) is 17.2 Å². The fourth-order valence-corrected chi connectivity index (χ4v) is 3.06. The Hall–Kier alpha value is -2.42. The van der Waals surface area contributed by atoms with Crippen molar-refractivity contribution < 1.29 is 15.3 Å². The molecule has 0 unspecified atom stereocenters. The molecule has 0 saturated carbocycles. The van der Waals surface area contributed by atoms with Gasteiger partial charge >= 0.3 is 0 Å². The zero-order chi connectivity index (χ0) is 22.0. The van der Waals surface area contributed by atoms with Crippen LogP contribution in [-0.4, -0.2) is 15.3 Å². The van der Waals surface area contributed by atoms with Gasteiger partial charge in [0.2, 0.25) is 0 Å². The number of hydrogen-bond donors (Lipinski definition) is 3. The summed E-state index contributed by atoms with van der Waals surface area (Å²) in [7, 11) is 0. The van der Waals surface area contributed by atoms with Crippen molar-refractivity contribution in [3.05, 3.63) is 63.8 Å². The minimum atomic E-state index is -0.0682. The molecule has 3 heteroatoms. The van der Waals surface area contributed by atoms with Gasteiger partial charge in [-0.15, -0.1) is 0 Å². The molecule has 0 aliphatic rings. The minimum Gasteiger partial charge on any atom is -0.507 e. The van der Waals surface area contributed by atoms with Crippen LogP contribution in [-0.2, 0) is 12.8 Å². The van der Waals surface area contributed by atoms with Crippen LogP contribution in [0, 0.1) is 0 Å². The lowest BCUT2D eigenvalue weighted by Crippen LogP contribution is -1.93. The second kappa shape index (κ2) is 12.2. The van der Waals surface area contributed by atoms with E-state index in [2.05, 4.69) is 53.7 Å². The van der Waals surface area contributed by atoms with E-state index in [9.17, 15) is 15.3 Å². The quantitative estimate of drug-likeness (QED) is 0.363. The molecule has 29 heavy (non-hydrogen) atoms. The summed E-state index contributed by atoms with van der Waals surface area (Å²) >= 11 is 0. The van der Waals surface area contributed by atoms with E-state index in [0.717, 1.165) is 25.7 Å². The molecule has 0 radical (unpaired) electrons. The van der Waals surface area contributed by atoms with Crippen LogP contribution in [0.4, 0.5) is 0 Å². The smallest absolute Gasteiger partial charge is 0.129 e. The van der Waals surface area contributed by atoms with Crippen molar-refractivity contribution in [3.8, 4) is 17.2 Å². The highest BCUT2D eigenvalue weighted by molar-refractivity contribution is 5.56. The van der Waals surface area contributed by atoms with Crippen molar-refractivity contribution in [2.75, 3.05) is 0 Å². The first kappa shape index (κ1) is 24.6. The van der Waals surface area contributed by atoms with E-state index in [-0.39, 0.29) is 17.2 Å². The fourth-order valence-electron chi connectivity index (χ4n) is 3.06. The Morgan fingerprint density at radius 1 is 0.655 bits per heavy atom. The maximum atomic E-state index is 10.7. The molecule has 1 aromatic rings. The van der Waals surface area contributed by atoms with E-state index in [4.69, 9.17) is 0 Å². The Morgan fingerprint density at radius 2 is 1.03 bits per heavy atom. The molecule has 3 N–H and O–H groups in total. The largest absolute Gasteiger partial charge is 0.507 e. The second-order valence-corrected chi connectivity index (χ2v) is 8.37. The van der Waals surface area contributed by atoms with Crippen LogP contribution in [0.25, 0.3) is 0 Å². The molecule has 0 heterocycles. The Bertz CT molecular complexity index is 735. The first-order valence-electron chi connectivity index (χ1n) is 10.5. The molecule has 0 amide bonds. The Balaban J connectivity index is 2.92. The number of phenols is 3. The normalized spacial score (nSPS) is 12.1. The summed E-state index contributed by atoms with van der Waals surface area (Å²) in [6, 6.07) is 1.34. The summed E-state index contributed by atoms with van der Waals surface area (Å²) in [5, 5.41) is 31.1. The number of hydrogen-bond acceptors (Lipinski definition) is 3. The minimum absolute atomic E-state index is 0.0100. The molecular weight excluding hydrogens is 360 g/mol. The third-order valence-electron chi connectivity index (χ3n) is 4.96. The highest BCUT2D eigenvalue weighted by Gasteiger charge is 2.16. The molecule has 0 saturated heterocycles. The van der Waals surface area contributed by atoms with Crippen LogP contribution in [0.1, 0.15) is 78.4 Å². The molecule has 0 aromatic heterocycles. The first-order valence-corrected chi connectivity index (χ1v) is 10.5. The van der Waals surface area contributed by atoms with Crippen LogP contribution < -0.4 is 0 Å². The van der Waals surface area contributed by atoms with Gasteiger partial charge in [0.25, 0.3) is 0 Å². The molecule has 0 aliphatic heterocycles. The van der Waals surface area contributed by atoms with Crippen molar-refractivity contribution in [1.82, 2.24) is 0 Å². The molecule has 1 aromatic carbocycles. The van der Waals surface area contributed by atoms with E-state index in [0.29, 0.717) is 24.0 Å². The third kappa shape index (κ3) is 9.08. The Labute approximate surface area is 176 Å². The Morgan fingerprint density at radius 3 is 1.38 bits per heavy atom. The van der Waals surface area contributed by atoms with Gasteiger partial charge in [0.05, 0.1) is 0 Å². The molecule has 0 atom stereocenters. The number of phenolic OH excluding ortho intramolecular Hbond substituents is 3. The van der Waals surface area contributed by atoms with Crippen LogP contribution in [0.3, 0.4) is 0 Å². The lowest BCUT2D eigenvalue weighted by molar-refractivity contribution is 0.414. The summed E-state index contributed by atoms with van der Waals surface area (Å²) in [6.45, 7) is 12.5. The first-order chi connectivity index (χ1) is 13.6. The summed E-state index contributed by atoms with van der Waals surface area (Å²) in [5.41, 5.74) is 5.97. The van der Waals surface area contributed by atoms with Gasteiger partial charge < -0.3 is 15.3 Å². The van der Waals surface area contributed by atoms with Crippen LogP contribution in [0.2, 0.25) is 0 Å². The predicted molar refractivity (Wildman–Crippen MR) is 124 cm³/mol. The third-order valence-corrected chi connectivity index (χ3v) is 4.96. The zero-order valence-electron chi connectivity index (χ0n) is 19.0. The average Bonchev–Trinajstić information content (AvgIpc) is 2.60. The summed E-state index contributed by atoms with van der Waals surface area (Å²) in [4.78, 5) is 0. The molecule has 0 bridgehead atoms. The molecule has 0 aliphatic carbocycles. The average molecular weight is 399 g/mol. The van der Waals surface area contributed by atoms with E-state index in [1.165, 1.54) is 28.4 Å². The summed E-state index contributed by atoms with van der Waals surface area (Å²) in [6.07, 6.45) is 13.2. The topological polar surface area (TPSA) is 60.7 Å². The lowest BCUT2D eigenvalue weighted by Gasteiger charge is -2.12. The van der Waals surface area contributed by atoms with Gasteiger partial charge in [0.1, 0.15) is 17.2 Å². The van der Waals surface area contributed by atoms with Crippen molar-refractivity contribution >= 4 is 0 Å². The van der Waals surface area contributed by atoms with Crippen LogP contribution in [0.15, 0.2) is 52.7 Å². The highest BCUT2D eigenvalue weighted by Crippen LogP contribution is 2.38. The number of aromatic hydroxyl groups is 3. The maximum absolute atomic E-state index is 10.7. The molecule has 0 spiro atoms. The molecule has 0 fully saturated rings.